The number of fused-ring (bicyclic) bond motifs is 1. The fourth-order valence-electron chi connectivity index (χ4n) is 3.24. The Morgan fingerprint density at radius 3 is 2.41 bits per heavy atom. The molecule has 29 heavy (non-hydrogen) atoms. The van der Waals surface area contributed by atoms with E-state index in [0.717, 1.165) is 34.4 Å². The number of nitrogen functional groups attached to an aromatic ring is 1. The lowest BCUT2D eigenvalue weighted by Gasteiger charge is -2.08. The lowest BCUT2D eigenvalue weighted by atomic mass is 10.0. The van der Waals surface area contributed by atoms with Crippen molar-refractivity contribution in [3.8, 4) is 5.75 Å². The smallest absolute Gasteiger partial charge is 0.125 e. The second-order valence-electron chi connectivity index (χ2n) is 6.97. The van der Waals surface area contributed by atoms with Gasteiger partial charge in [0.15, 0.2) is 0 Å². The van der Waals surface area contributed by atoms with Crippen LogP contribution >= 0.6 is 0 Å². The quantitative estimate of drug-likeness (QED) is 0.273. The molecule has 0 amide bonds. The number of nitrogens with zero attached hydrogens (tertiary/aromatic N) is 2. The Kier molecular flexibility index (Phi) is 5.12. The molecule has 144 valence electrons. The van der Waals surface area contributed by atoms with Crippen LogP contribution in [0.2, 0.25) is 0 Å². The van der Waals surface area contributed by atoms with Crippen LogP contribution in [0.25, 0.3) is 10.8 Å². The van der Waals surface area contributed by atoms with Crippen molar-refractivity contribution in [2.75, 3.05) is 11.1 Å². The molecule has 4 aromatic carbocycles. The van der Waals surface area contributed by atoms with Crippen molar-refractivity contribution in [2.45, 2.75) is 13.5 Å². The van der Waals surface area contributed by atoms with Gasteiger partial charge in [0.2, 0.25) is 0 Å². The van der Waals surface area contributed by atoms with E-state index in [1.807, 2.05) is 73.7 Å². The molecule has 0 aliphatic carbocycles. The monoisotopic (exact) mass is 382 g/mol. The van der Waals surface area contributed by atoms with E-state index < -0.39 is 0 Å². The van der Waals surface area contributed by atoms with Crippen molar-refractivity contribution in [2.24, 2.45) is 10.2 Å². The summed E-state index contributed by atoms with van der Waals surface area (Å²) in [5.41, 5.74) is 11.0. The summed E-state index contributed by atoms with van der Waals surface area (Å²) < 4.78 is 0. The van der Waals surface area contributed by atoms with Crippen molar-refractivity contribution in [1.29, 1.82) is 0 Å². The van der Waals surface area contributed by atoms with Gasteiger partial charge in [0.1, 0.15) is 11.4 Å². The summed E-state index contributed by atoms with van der Waals surface area (Å²) in [4.78, 5) is 0. The number of hydrogen-bond donors (Lipinski definition) is 3. The Labute approximate surface area is 169 Å². The number of aryl methyl sites for hydroxylation is 1. The van der Waals surface area contributed by atoms with Crippen molar-refractivity contribution >= 4 is 33.5 Å². The third-order valence-corrected chi connectivity index (χ3v) is 4.72. The predicted octanol–water partition coefficient (Wildman–Crippen LogP) is 6.46. The number of nitrogens with two attached hydrogens (primary N) is 1. The maximum absolute atomic E-state index is 10.4. The van der Waals surface area contributed by atoms with E-state index in [1.165, 1.54) is 0 Å². The topological polar surface area (TPSA) is 83.0 Å². The second-order valence-corrected chi connectivity index (χ2v) is 6.97. The van der Waals surface area contributed by atoms with Gasteiger partial charge in [-0.15, -0.1) is 5.11 Å². The van der Waals surface area contributed by atoms with Crippen LogP contribution in [-0.2, 0) is 6.54 Å². The first-order chi connectivity index (χ1) is 14.1. The molecule has 0 atom stereocenters. The number of rotatable bonds is 5. The number of phenols is 1. The maximum atomic E-state index is 10.4. The molecule has 0 saturated carbocycles. The highest BCUT2D eigenvalue weighted by Gasteiger charge is 2.10. The van der Waals surface area contributed by atoms with E-state index in [0.29, 0.717) is 16.8 Å². The van der Waals surface area contributed by atoms with Crippen LogP contribution in [0.4, 0.5) is 22.7 Å². The average Bonchev–Trinajstić information content (AvgIpc) is 2.73. The van der Waals surface area contributed by atoms with E-state index in [2.05, 4.69) is 15.5 Å². The van der Waals surface area contributed by atoms with Gasteiger partial charge in [0, 0.05) is 12.2 Å². The number of nitrogens with one attached hydrogen (secondary N) is 1. The van der Waals surface area contributed by atoms with Crippen molar-refractivity contribution < 1.29 is 5.11 Å². The molecule has 4 rings (SSSR count). The van der Waals surface area contributed by atoms with E-state index in [-0.39, 0.29) is 5.75 Å². The molecule has 0 aliphatic heterocycles. The fourth-order valence-corrected chi connectivity index (χ4v) is 3.24. The van der Waals surface area contributed by atoms with Gasteiger partial charge in [-0.2, -0.15) is 5.11 Å². The first-order valence-corrected chi connectivity index (χ1v) is 9.41. The van der Waals surface area contributed by atoms with Gasteiger partial charge in [-0.05, 0) is 59.8 Å². The molecule has 0 unspecified atom stereocenters. The van der Waals surface area contributed by atoms with Gasteiger partial charge in [-0.25, -0.2) is 0 Å². The molecule has 4 N–H and O–H groups in total. The minimum atomic E-state index is 0.156. The van der Waals surface area contributed by atoms with Gasteiger partial charge >= 0.3 is 0 Å². The van der Waals surface area contributed by atoms with Crippen LogP contribution < -0.4 is 11.1 Å². The van der Waals surface area contributed by atoms with Gasteiger partial charge in [-0.3, -0.25) is 0 Å². The molecule has 0 saturated heterocycles. The Hall–Kier alpha value is -3.86. The number of phenolic OH excluding ortho intramolecular Hbond substituents is 1. The number of benzene rings is 4. The first-order valence-electron chi connectivity index (χ1n) is 9.41. The summed E-state index contributed by atoms with van der Waals surface area (Å²) in [6.07, 6.45) is 0. The SMILES string of the molecule is Cc1cc(O)c2c(/N=N/c3ccc(CNc4ccccc4)cc3)c(N)ccc2c1. The highest BCUT2D eigenvalue weighted by molar-refractivity contribution is 6.02. The summed E-state index contributed by atoms with van der Waals surface area (Å²) in [6.45, 7) is 2.66. The zero-order chi connectivity index (χ0) is 20.2. The molecule has 5 heteroatoms. The molecule has 0 fully saturated rings. The van der Waals surface area contributed by atoms with E-state index in [1.54, 1.807) is 12.1 Å². The lowest BCUT2D eigenvalue weighted by Crippen LogP contribution is -1.98. The largest absolute Gasteiger partial charge is 0.507 e. The molecule has 0 heterocycles. The average molecular weight is 382 g/mol. The second kappa shape index (κ2) is 8.02. The van der Waals surface area contributed by atoms with Crippen LogP contribution in [0.3, 0.4) is 0 Å². The highest BCUT2D eigenvalue weighted by atomic mass is 16.3. The molecular weight excluding hydrogens is 360 g/mol. The number of hydrogen-bond acceptors (Lipinski definition) is 5. The van der Waals surface area contributed by atoms with Crippen molar-refractivity contribution in [1.82, 2.24) is 0 Å². The van der Waals surface area contributed by atoms with Gasteiger partial charge in [-0.1, -0.05) is 42.5 Å². The lowest BCUT2D eigenvalue weighted by molar-refractivity contribution is 0.481. The Bertz CT molecular complexity index is 1170. The molecule has 0 radical (unpaired) electrons. The van der Waals surface area contributed by atoms with Gasteiger partial charge in [0.05, 0.1) is 16.8 Å². The Balaban J connectivity index is 1.54. The molecular formula is C24H22N4O. The number of azo groups is 1. The van der Waals surface area contributed by atoms with Crippen LogP contribution in [-0.4, -0.2) is 5.11 Å². The molecule has 0 aromatic heterocycles. The molecule has 0 spiro atoms. The summed E-state index contributed by atoms with van der Waals surface area (Å²) in [6, 6.07) is 25.3. The van der Waals surface area contributed by atoms with Crippen LogP contribution in [0, 0.1) is 6.92 Å². The molecule has 0 aliphatic rings. The predicted molar refractivity (Wildman–Crippen MR) is 119 cm³/mol. The Morgan fingerprint density at radius 1 is 0.897 bits per heavy atom. The summed E-state index contributed by atoms with van der Waals surface area (Å²) in [5.74, 6) is 0.156. The summed E-state index contributed by atoms with van der Waals surface area (Å²) in [5, 5.41) is 23.9. The summed E-state index contributed by atoms with van der Waals surface area (Å²) in [7, 11) is 0. The van der Waals surface area contributed by atoms with Crippen LogP contribution in [0.1, 0.15) is 11.1 Å². The maximum Gasteiger partial charge on any atom is 0.125 e. The van der Waals surface area contributed by atoms with E-state index in [4.69, 9.17) is 5.73 Å². The van der Waals surface area contributed by atoms with Crippen molar-refractivity contribution in [3.63, 3.8) is 0 Å². The first kappa shape index (κ1) is 18.5. The minimum absolute atomic E-state index is 0.156. The van der Waals surface area contributed by atoms with Gasteiger partial charge in [0.25, 0.3) is 0 Å². The number of aromatic hydroxyl groups is 1. The number of para-hydroxylation sites is 1. The fraction of sp³-hybridized carbons (Fsp3) is 0.0833. The minimum Gasteiger partial charge on any atom is -0.507 e. The van der Waals surface area contributed by atoms with E-state index in [9.17, 15) is 5.11 Å². The molecule has 5 nitrogen and oxygen atoms in total. The standard InChI is InChI=1S/C24H22N4O/c1-16-13-18-9-12-21(25)24(23(18)22(29)14-16)28-27-20-10-7-17(8-11-20)15-26-19-5-3-2-4-6-19/h2-14,26,29H,15,25H2,1H3/b28-27+. The Morgan fingerprint density at radius 2 is 1.66 bits per heavy atom. The van der Waals surface area contributed by atoms with E-state index >= 15 is 0 Å². The van der Waals surface area contributed by atoms with Crippen LogP contribution in [0.15, 0.2) is 89.1 Å². The number of anilines is 2. The normalized spacial score (nSPS) is 11.2. The highest BCUT2D eigenvalue weighted by Crippen LogP contribution is 2.39. The zero-order valence-electron chi connectivity index (χ0n) is 16.1. The third-order valence-electron chi connectivity index (χ3n) is 4.72. The summed E-state index contributed by atoms with van der Waals surface area (Å²) >= 11 is 0. The zero-order valence-corrected chi connectivity index (χ0v) is 16.1. The molecule has 0 bridgehead atoms. The van der Waals surface area contributed by atoms with Crippen molar-refractivity contribution in [3.05, 3.63) is 90.0 Å². The third kappa shape index (κ3) is 4.19. The molecule has 4 aromatic rings. The van der Waals surface area contributed by atoms with Gasteiger partial charge < -0.3 is 16.2 Å². The van der Waals surface area contributed by atoms with Crippen LogP contribution in [0.5, 0.6) is 5.75 Å².